The van der Waals surface area contributed by atoms with Gasteiger partial charge in [-0.3, -0.25) is 0 Å². The maximum Gasteiger partial charge on any atom is 0.0739 e. The van der Waals surface area contributed by atoms with Crippen molar-refractivity contribution in [3.8, 4) is 0 Å². The third-order valence-electron chi connectivity index (χ3n) is 2.79. The van der Waals surface area contributed by atoms with Gasteiger partial charge < -0.3 is 19.3 Å². The van der Waals surface area contributed by atoms with Crippen LogP contribution < -0.4 is 0 Å². The van der Waals surface area contributed by atoms with Crippen molar-refractivity contribution in [3.63, 3.8) is 0 Å². The number of halogens is 1. The second kappa shape index (κ2) is 10.1. The first kappa shape index (κ1) is 15.2. The minimum atomic E-state index is 0.0574. The van der Waals surface area contributed by atoms with E-state index >= 15 is 0 Å². The van der Waals surface area contributed by atoms with Gasteiger partial charge in [-0.15, -0.1) is 11.6 Å². The summed E-state index contributed by atoms with van der Waals surface area (Å²) in [6, 6.07) is 0. The molecule has 0 aromatic carbocycles. The second-order valence-corrected chi connectivity index (χ2v) is 4.72. The van der Waals surface area contributed by atoms with Crippen LogP contribution in [0.25, 0.3) is 0 Å². The Hall–Kier alpha value is 0.130. The Morgan fingerprint density at radius 2 is 1.59 bits per heavy atom. The fraction of sp³-hybridized carbons (Fsp3) is 1.00. The van der Waals surface area contributed by atoms with Crippen LogP contribution in [0.2, 0.25) is 0 Å². The number of hydrogen-bond acceptors (Lipinski definition) is 4. The predicted molar refractivity (Wildman–Crippen MR) is 66.6 cm³/mol. The lowest BCUT2D eigenvalue weighted by atomic mass is 9.97. The number of alkyl halides is 1. The monoisotopic (exact) mass is 266 g/mol. The molecule has 1 aliphatic carbocycles. The van der Waals surface area contributed by atoms with E-state index in [4.69, 9.17) is 30.9 Å². The molecule has 2 unspecified atom stereocenters. The average Bonchev–Trinajstić information content (AvgIpc) is 2.35. The lowest BCUT2D eigenvalue weighted by Gasteiger charge is -2.27. The molecular weight excluding hydrogens is 244 g/mol. The van der Waals surface area contributed by atoms with Crippen LogP contribution in [0.4, 0.5) is 0 Å². The molecule has 0 bridgehead atoms. The first-order chi connectivity index (χ1) is 8.34. The Balaban J connectivity index is 1.86. The zero-order valence-electron chi connectivity index (χ0n) is 10.3. The first-order valence-electron chi connectivity index (χ1n) is 6.36. The Morgan fingerprint density at radius 1 is 0.941 bits per heavy atom. The van der Waals surface area contributed by atoms with Crippen LogP contribution in [-0.4, -0.2) is 56.2 Å². The Kier molecular flexibility index (Phi) is 9.01. The standard InChI is InChI=1S/C12H23ClO4/c13-11-3-1-2-4-12(11)17-10-9-16-8-7-15-6-5-14/h11-12,14H,1-10H2. The number of aliphatic hydroxyl groups is 1. The molecule has 1 rings (SSSR count). The number of aliphatic hydroxyl groups excluding tert-OH is 1. The molecule has 0 heterocycles. The second-order valence-electron chi connectivity index (χ2n) is 4.16. The minimum absolute atomic E-state index is 0.0574. The molecule has 0 spiro atoms. The minimum Gasteiger partial charge on any atom is -0.394 e. The fourth-order valence-corrected chi connectivity index (χ4v) is 2.24. The summed E-state index contributed by atoms with van der Waals surface area (Å²) in [6.07, 6.45) is 4.74. The Morgan fingerprint density at radius 3 is 2.29 bits per heavy atom. The van der Waals surface area contributed by atoms with E-state index in [1.807, 2.05) is 0 Å². The molecule has 1 fully saturated rings. The molecule has 0 saturated heterocycles. The molecule has 0 amide bonds. The highest BCUT2D eigenvalue weighted by atomic mass is 35.5. The summed E-state index contributed by atoms with van der Waals surface area (Å²) in [5, 5.41) is 8.64. The zero-order chi connectivity index (χ0) is 12.3. The highest BCUT2D eigenvalue weighted by Crippen LogP contribution is 2.25. The van der Waals surface area contributed by atoms with Crippen molar-refractivity contribution in [3.05, 3.63) is 0 Å². The van der Waals surface area contributed by atoms with Crippen molar-refractivity contribution < 1.29 is 19.3 Å². The molecule has 1 N–H and O–H groups in total. The van der Waals surface area contributed by atoms with Gasteiger partial charge in [0.25, 0.3) is 0 Å². The summed E-state index contributed by atoms with van der Waals surface area (Å²) in [6.45, 7) is 2.65. The van der Waals surface area contributed by atoms with E-state index in [1.165, 1.54) is 12.8 Å². The van der Waals surface area contributed by atoms with Gasteiger partial charge in [0.15, 0.2) is 0 Å². The van der Waals surface area contributed by atoms with Crippen molar-refractivity contribution in [2.45, 2.75) is 37.2 Å². The molecule has 1 aliphatic rings. The van der Waals surface area contributed by atoms with Crippen molar-refractivity contribution in [1.29, 1.82) is 0 Å². The SMILES string of the molecule is OCCOCCOCCOC1CCCCC1Cl. The lowest BCUT2D eigenvalue weighted by Crippen LogP contribution is -2.29. The molecular formula is C12H23ClO4. The highest BCUT2D eigenvalue weighted by molar-refractivity contribution is 6.21. The van der Waals surface area contributed by atoms with Crippen LogP contribution in [0, 0.1) is 0 Å². The van der Waals surface area contributed by atoms with E-state index in [-0.39, 0.29) is 18.1 Å². The molecule has 0 radical (unpaired) electrons. The van der Waals surface area contributed by atoms with Gasteiger partial charge in [-0.25, -0.2) is 0 Å². The Labute approximate surface area is 108 Å². The molecule has 0 aromatic rings. The molecule has 0 aromatic heterocycles. The normalized spacial score (nSPS) is 25.1. The van der Waals surface area contributed by atoms with Crippen LogP contribution >= 0.6 is 11.6 Å². The van der Waals surface area contributed by atoms with Crippen molar-refractivity contribution in [2.75, 3.05) is 39.6 Å². The number of hydrogen-bond donors (Lipinski definition) is 1. The third-order valence-corrected chi connectivity index (χ3v) is 3.29. The van der Waals surface area contributed by atoms with Gasteiger partial charge in [0.05, 0.1) is 51.1 Å². The van der Waals surface area contributed by atoms with Crippen LogP contribution in [-0.2, 0) is 14.2 Å². The number of rotatable bonds is 9. The molecule has 4 nitrogen and oxygen atoms in total. The van der Waals surface area contributed by atoms with E-state index in [1.54, 1.807) is 0 Å². The van der Waals surface area contributed by atoms with Gasteiger partial charge in [0, 0.05) is 0 Å². The van der Waals surface area contributed by atoms with Gasteiger partial charge in [0.1, 0.15) is 0 Å². The van der Waals surface area contributed by atoms with Crippen LogP contribution in [0.1, 0.15) is 25.7 Å². The lowest BCUT2D eigenvalue weighted by molar-refractivity contribution is -0.0226. The van der Waals surface area contributed by atoms with E-state index in [2.05, 4.69) is 0 Å². The largest absolute Gasteiger partial charge is 0.394 e. The summed E-state index contributed by atoms with van der Waals surface area (Å²) in [4.78, 5) is 0. The molecule has 102 valence electrons. The molecule has 17 heavy (non-hydrogen) atoms. The van der Waals surface area contributed by atoms with Crippen molar-refractivity contribution in [1.82, 2.24) is 0 Å². The highest BCUT2D eigenvalue weighted by Gasteiger charge is 2.23. The van der Waals surface area contributed by atoms with Crippen LogP contribution in [0.15, 0.2) is 0 Å². The van der Waals surface area contributed by atoms with E-state index in [9.17, 15) is 0 Å². The van der Waals surface area contributed by atoms with E-state index in [0.717, 1.165) is 12.8 Å². The smallest absolute Gasteiger partial charge is 0.0739 e. The van der Waals surface area contributed by atoms with Gasteiger partial charge in [-0.2, -0.15) is 0 Å². The zero-order valence-corrected chi connectivity index (χ0v) is 11.0. The van der Waals surface area contributed by atoms with Gasteiger partial charge in [-0.1, -0.05) is 12.8 Å². The number of ether oxygens (including phenoxy) is 3. The molecule has 2 atom stereocenters. The van der Waals surface area contributed by atoms with Crippen LogP contribution in [0.3, 0.4) is 0 Å². The maximum atomic E-state index is 8.48. The van der Waals surface area contributed by atoms with Crippen molar-refractivity contribution in [2.24, 2.45) is 0 Å². The summed E-state index contributed by atoms with van der Waals surface area (Å²) in [5.74, 6) is 0. The maximum absolute atomic E-state index is 8.48. The summed E-state index contributed by atoms with van der Waals surface area (Å²) < 4.78 is 16.1. The first-order valence-corrected chi connectivity index (χ1v) is 6.80. The summed E-state index contributed by atoms with van der Waals surface area (Å²) in [5.41, 5.74) is 0. The van der Waals surface area contributed by atoms with E-state index < -0.39 is 0 Å². The summed E-state index contributed by atoms with van der Waals surface area (Å²) >= 11 is 6.17. The van der Waals surface area contributed by atoms with Gasteiger partial charge in [-0.05, 0) is 12.8 Å². The quantitative estimate of drug-likeness (QED) is 0.508. The van der Waals surface area contributed by atoms with Crippen molar-refractivity contribution >= 4 is 11.6 Å². The molecule has 0 aliphatic heterocycles. The topological polar surface area (TPSA) is 47.9 Å². The molecule has 5 heteroatoms. The van der Waals surface area contributed by atoms with Gasteiger partial charge >= 0.3 is 0 Å². The third kappa shape index (κ3) is 7.21. The Bertz CT molecular complexity index is 180. The molecule has 1 saturated carbocycles. The van der Waals surface area contributed by atoms with Gasteiger partial charge in [0.2, 0.25) is 0 Å². The predicted octanol–water partition coefficient (Wildman–Crippen LogP) is 1.58. The average molecular weight is 267 g/mol. The fourth-order valence-electron chi connectivity index (χ4n) is 1.88. The summed E-state index contributed by atoms with van der Waals surface area (Å²) in [7, 11) is 0. The van der Waals surface area contributed by atoms with E-state index in [0.29, 0.717) is 33.0 Å². The van der Waals surface area contributed by atoms with Crippen LogP contribution in [0.5, 0.6) is 0 Å².